The zero-order valence-electron chi connectivity index (χ0n) is 15.2. The third-order valence-corrected chi connectivity index (χ3v) is 7.07. The molecule has 1 N–H and O–H groups in total. The number of ether oxygens (including phenoxy) is 1. The molecule has 2 heterocycles. The second-order valence-corrected chi connectivity index (χ2v) is 8.75. The minimum Gasteiger partial charge on any atom is -0.447 e. The molecule has 2 atom stereocenters. The number of halogens is 3. The minimum atomic E-state index is -4.32. The number of rotatable bonds is 2. The molecule has 2 amide bonds. The first kappa shape index (κ1) is 17.8. The van der Waals surface area contributed by atoms with Crippen molar-refractivity contribution in [1.82, 2.24) is 10.2 Å². The van der Waals surface area contributed by atoms with Crippen molar-refractivity contribution < 1.29 is 27.5 Å². The van der Waals surface area contributed by atoms with Crippen LogP contribution in [0.2, 0.25) is 0 Å². The lowest BCUT2D eigenvalue weighted by Crippen LogP contribution is -2.58. The molecule has 1 aromatic rings. The number of alkyl halides is 3. The van der Waals surface area contributed by atoms with Crippen molar-refractivity contribution in [3.05, 3.63) is 35.4 Å². The first-order chi connectivity index (χ1) is 13.2. The minimum absolute atomic E-state index is 0.0744. The Morgan fingerprint density at radius 1 is 1.18 bits per heavy atom. The van der Waals surface area contributed by atoms with Gasteiger partial charge in [0.1, 0.15) is 6.61 Å². The van der Waals surface area contributed by atoms with Crippen molar-refractivity contribution in [3.8, 4) is 0 Å². The Balaban J connectivity index is 1.20. The lowest BCUT2D eigenvalue weighted by Gasteiger charge is -2.44. The molecule has 0 bridgehead atoms. The van der Waals surface area contributed by atoms with E-state index in [0.717, 1.165) is 30.5 Å². The van der Waals surface area contributed by atoms with Crippen LogP contribution in [0.15, 0.2) is 24.3 Å². The second-order valence-electron chi connectivity index (χ2n) is 8.75. The maximum atomic E-state index is 12.8. The smallest absolute Gasteiger partial charge is 0.416 e. The molecular formula is C20H21F3N2O3. The van der Waals surface area contributed by atoms with E-state index in [1.54, 1.807) is 12.1 Å². The van der Waals surface area contributed by atoms with Crippen LogP contribution in [0, 0.1) is 11.8 Å². The zero-order chi connectivity index (χ0) is 19.7. The normalized spacial score (nSPS) is 36.4. The average Bonchev–Trinajstić information content (AvgIpc) is 3.25. The Morgan fingerprint density at radius 3 is 2.46 bits per heavy atom. The van der Waals surface area contributed by atoms with Gasteiger partial charge in [0.2, 0.25) is 5.91 Å². The molecule has 150 valence electrons. The van der Waals surface area contributed by atoms with E-state index in [1.807, 2.05) is 4.90 Å². The Morgan fingerprint density at radius 2 is 1.89 bits per heavy atom. The van der Waals surface area contributed by atoms with Crippen molar-refractivity contribution in [2.75, 3.05) is 19.7 Å². The van der Waals surface area contributed by atoms with Crippen LogP contribution < -0.4 is 5.32 Å². The topological polar surface area (TPSA) is 58.6 Å². The molecule has 2 saturated heterocycles. The van der Waals surface area contributed by atoms with Crippen molar-refractivity contribution in [2.45, 2.75) is 42.8 Å². The second kappa shape index (κ2) is 5.64. The van der Waals surface area contributed by atoms with Gasteiger partial charge in [-0.05, 0) is 49.3 Å². The molecule has 0 aromatic heterocycles. The number of piperidine rings is 1. The van der Waals surface area contributed by atoms with Gasteiger partial charge >= 0.3 is 12.3 Å². The molecule has 5 rings (SSSR count). The summed E-state index contributed by atoms with van der Waals surface area (Å²) >= 11 is 0. The highest BCUT2D eigenvalue weighted by molar-refractivity contribution is 5.82. The van der Waals surface area contributed by atoms with Crippen LogP contribution in [-0.2, 0) is 21.1 Å². The van der Waals surface area contributed by atoms with Gasteiger partial charge in [0.25, 0.3) is 0 Å². The summed E-state index contributed by atoms with van der Waals surface area (Å²) in [7, 11) is 0. The molecule has 0 radical (unpaired) electrons. The number of likely N-dealkylation sites (tertiary alicyclic amines) is 1. The van der Waals surface area contributed by atoms with E-state index in [-0.39, 0.29) is 22.8 Å². The lowest BCUT2D eigenvalue weighted by molar-refractivity contribution is -0.142. The highest BCUT2D eigenvalue weighted by Gasteiger charge is 2.59. The van der Waals surface area contributed by atoms with Gasteiger partial charge in [-0.1, -0.05) is 12.1 Å². The van der Waals surface area contributed by atoms with Crippen molar-refractivity contribution in [2.24, 2.45) is 11.8 Å². The fourth-order valence-corrected chi connectivity index (χ4v) is 5.34. The summed E-state index contributed by atoms with van der Waals surface area (Å²) in [5.41, 5.74) is -0.114. The molecule has 4 fully saturated rings. The highest BCUT2D eigenvalue weighted by atomic mass is 19.4. The van der Waals surface area contributed by atoms with E-state index >= 15 is 0 Å². The molecule has 8 heteroatoms. The van der Waals surface area contributed by atoms with Crippen molar-refractivity contribution in [3.63, 3.8) is 0 Å². The molecule has 5 nitrogen and oxygen atoms in total. The number of fused-ring (bicyclic) bond motifs is 1. The van der Waals surface area contributed by atoms with Crippen LogP contribution in [0.5, 0.6) is 0 Å². The number of nitrogens with zero attached hydrogens (tertiary/aromatic N) is 1. The summed E-state index contributed by atoms with van der Waals surface area (Å²) in [5, 5.41) is 2.80. The maximum Gasteiger partial charge on any atom is 0.416 e. The van der Waals surface area contributed by atoms with Gasteiger partial charge < -0.3 is 15.0 Å². The number of amides is 2. The van der Waals surface area contributed by atoms with E-state index in [0.29, 0.717) is 38.5 Å². The fourth-order valence-electron chi connectivity index (χ4n) is 5.34. The van der Waals surface area contributed by atoms with Crippen molar-refractivity contribution in [1.29, 1.82) is 0 Å². The van der Waals surface area contributed by atoms with Crippen LogP contribution >= 0.6 is 0 Å². The summed E-state index contributed by atoms with van der Waals surface area (Å²) in [6.45, 7) is 1.62. The van der Waals surface area contributed by atoms with E-state index < -0.39 is 17.8 Å². The first-order valence-corrected chi connectivity index (χ1v) is 9.62. The van der Waals surface area contributed by atoms with Gasteiger partial charge in [0.15, 0.2) is 0 Å². The van der Waals surface area contributed by atoms with Gasteiger partial charge in [-0.25, -0.2) is 4.79 Å². The van der Waals surface area contributed by atoms with E-state index in [2.05, 4.69) is 5.32 Å². The van der Waals surface area contributed by atoms with Gasteiger partial charge in [-0.3, -0.25) is 4.79 Å². The zero-order valence-corrected chi connectivity index (χ0v) is 15.2. The number of carbonyl (C=O) groups excluding carboxylic acids is 2. The maximum absolute atomic E-state index is 12.8. The third kappa shape index (κ3) is 2.68. The van der Waals surface area contributed by atoms with Crippen molar-refractivity contribution >= 4 is 12.0 Å². The van der Waals surface area contributed by atoms with Gasteiger partial charge in [-0.2, -0.15) is 13.2 Å². The third-order valence-electron chi connectivity index (χ3n) is 7.07. The van der Waals surface area contributed by atoms with Crippen LogP contribution in [0.3, 0.4) is 0 Å². The first-order valence-electron chi connectivity index (χ1n) is 9.62. The number of benzene rings is 1. The van der Waals surface area contributed by atoms with E-state index in [9.17, 15) is 22.8 Å². The summed E-state index contributed by atoms with van der Waals surface area (Å²) in [4.78, 5) is 25.9. The predicted molar refractivity (Wildman–Crippen MR) is 92.4 cm³/mol. The Kier molecular flexibility index (Phi) is 3.59. The Bertz CT molecular complexity index is 832. The van der Waals surface area contributed by atoms with Gasteiger partial charge in [0, 0.05) is 24.4 Å². The molecule has 2 aliphatic heterocycles. The van der Waals surface area contributed by atoms with E-state index in [1.165, 1.54) is 0 Å². The van der Waals surface area contributed by atoms with E-state index in [4.69, 9.17) is 4.74 Å². The molecule has 1 spiro atoms. The SMILES string of the molecule is O=C1NC2(CO1)CC(C(=O)N1CC[C@]3(c4ccc(C(F)(F)F)cc4)C[C@@H]3C1)C2. The molecule has 4 aliphatic rings. The summed E-state index contributed by atoms with van der Waals surface area (Å²) in [6, 6.07) is 5.50. The summed E-state index contributed by atoms with van der Waals surface area (Å²) in [5.74, 6) is 0.351. The fraction of sp³-hybridized carbons (Fsp3) is 0.600. The average molecular weight is 394 g/mol. The van der Waals surface area contributed by atoms with Gasteiger partial charge in [-0.15, -0.1) is 0 Å². The Hall–Kier alpha value is -2.25. The number of hydrogen-bond acceptors (Lipinski definition) is 3. The molecule has 28 heavy (non-hydrogen) atoms. The predicted octanol–water partition coefficient (Wildman–Crippen LogP) is 3.08. The number of hydrogen-bond donors (Lipinski definition) is 1. The van der Waals surface area contributed by atoms with Crippen LogP contribution in [0.25, 0.3) is 0 Å². The Labute approximate surface area is 160 Å². The number of cyclic esters (lactones) is 1. The quantitative estimate of drug-likeness (QED) is 0.839. The summed E-state index contributed by atoms with van der Waals surface area (Å²) in [6.07, 6.45) is -1.80. The number of nitrogens with one attached hydrogen (secondary N) is 1. The van der Waals surface area contributed by atoms with Crippen LogP contribution in [0.4, 0.5) is 18.0 Å². The number of carbonyl (C=O) groups is 2. The molecular weight excluding hydrogens is 373 g/mol. The largest absolute Gasteiger partial charge is 0.447 e. The summed E-state index contributed by atoms with van der Waals surface area (Å²) < 4.78 is 43.3. The van der Waals surface area contributed by atoms with Gasteiger partial charge in [0.05, 0.1) is 11.1 Å². The lowest BCUT2D eigenvalue weighted by atomic mass is 9.68. The molecule has 1 aromatic carbocycles. The molecule has 2 aliphatic carbocycles. The molecule has 0 unspecified atom stereocenters. The standard InChI is InChI=1S/C20H21F3N2O3/c21-20(22,23)14-3-1-13(2-4-14)19-5-6-25(10-15(19)9-19)16(26)12-7-18(8-12)11-28-17(27)24-18/h1-4,12,15H,5-11H2,(H,24,27)/t12?,15-,18?,19-/m1/s1. The highest BCUT2D eigenvalue weighted by Crippen LogP contribution is 2.59. The number of alkyl carbamates (subject to hydrolysis) is 1. The molecule has 2 saturated carbocycles. The van der Waals surface area contributed by atoms with Crippen LogP contribution in [-0.4, -0.2) is 42.1 Å². The van der Waals surface area contributed by atoms with Crippen LogP contribution in [0.1, 0.15) is 36.8 Å². The monoisotopic (exact) mass is 394 g/mol.